The van der Waals surface area contributed by atoms with Gasteiger partial charge in [-0.05, 0) is 49.4 Å². The van der Waals surface area contributed by atoms with E-state index in [2.05, 4.69) is 20.6 Å². The maximum absolute atomic E-state index is 13.3. The van der Waals surface area contributed by atoms with Crippen LogP contribution in [0.3, 0.4) is 0 Å². The number of rotatable bonds is 5. The van der Waals surface area contributed by atoms with E-state index in [0.29, 0.717) is 5.91 Å². The quantitative estimate of drug-likeness (QED) is 0.535. The number of H-pyrrole nitrogens is 1. The van der Waals surface area contributed by atoms with Gasteiger partial charge in [0.2, 0.25) is 5.91 Å². The van der Waals surface area contributed by atoms with E-state index in [1.165, 1.54) is 25.0 Å². The lowest BCUT2D eigenvalue weighted by atomic mass is 10.1. The highest BCUT2D eigenvalue weighted by Crippen LogP contribution is 2.27. The van der Waals surface area contributed by atoms with Gasteiger partial charge in [-0.3, -0.25) is 9.79 Å². The summed E-state index contributed by atoms with van der Waals surface area (Å²) in [7, 11) is 1.76. The van der Waals surface area contributed by atoms with Crippen LogP contribution in [0.1, 0.15) is 37.7 Å². The topological polar surface area (TPSA) is 72.5 Å². The first-order valence-electron chi connectivity index (χ1n) is 10.7. The summed E-state index contributed by atoms with van der Waals surface area (Å²) in [5.74, 6) is 1.11. The normalized spacial score (nSPS) is 20.6. The Labute approximate surface area is 171 Å². The van der Waals surface area contributed by atoms with Crippen molar-refractivity contribution in [3.8, 4) is 0 Å². The molecule has 2 heterocycles. The fraction of sp³-hybridized carbons (Fsp3) is 0.545. The van der Waals surface area contributed by atoms with Crippen molar-refractivity contribution < 1.29 is 9.18 Å². The number of hydrogen-bond acceptors (Lipinski definition) is 2. The molecule has 1 saturated heterocycles. The lowest BCUT2D eigenvalue weighted by Crippen LogP contribution is -2.45. The second kappa shape index (κ2) is 8.84. The highest BCUT2D eigenvalue weighted by Gasteiger charge is 2.32. The minimum Gasteiger partial charge on any atom is -0.361 e. The summed E-state index contributed by atoms with van der Waals surface area (Å²) in [6, 6.07) is 5.07. The van der Waals surface area contributed by atoms with Gasteiger partial charge in [-0.2, -0.15) is 0 Å². The van der Waals surface area contributed by atoms with E-state index >= 15 is 0 Å². The van der Waals surface area contributed by atoms with Gasteiger partial charge in [0, 0.05) is 55.7 Å². The molecule has 29 heavy (non-hydrogen) atoms. The average Bonchev–Trinajstić information content (AvgIpc) is 3.48. The van der Waals surface area contributed by atoms with E-state index < -0.39 is 0 Å². The summed E-state index contributed by atoms with van der Waals surface area (Å²) in [6.45, 7) is 2.31. The average molecular weight is 400 g/mol. The number of hydrogen-bond donors (Lipinski definition) is 3. The lowest BCUT2D eigenvalue weighted by Gasteiger charge is -2.21. The largest absolute Gasteiger partial charge is 0.361 e. The van der Waals surface area contributed by atoms with E-state index in [9.17, 15) is 9.18 Å². The summed E-state index contributed by atoms with van der Waals surface area (Å²) in [5.41, 5.74) is 1.97. The summed E-state index contributed by atoms with van der Waals surface area (Å²) in [6.07, 6.45) is 8.18. The van der Waals surface area contributed by atoms with Crippen molar-refractivity contribution in [2.75, 3.05) is 26.7 Å². The number of carbonyl (C=O) groups is 1. The van der Waals surface area contributed by atoms with Crippen LogP contribution < -0.4 is 10.6 Å². The van der Waals surface area contributed by atoms with E-state index in [4.69, 9.17) is 0 Å². The van der Waals surface area contributed by atoms with Gasteiger partial charge in [0.15, 0.2) is 5.96 Å². The van der Waals surface area contributed by atoms with Crippen LogP contribution in [-0.2, 0) is 11.2 Å². The van der Waals surface area contributed by atoms with Crippen LogP contribution in [-0.4, -0.2) is 54.5 Å². The maximum atomic E-state index is 13.3. The molecule has 0 bridgehead atoms. The SMILES string of the molecule is CN=C(NCCc1c[nH]c2cc(F)ccc12)NC1CCN(C(=O)C2CCCC2)C1. The van der Waals surface area contributed by atoms with Crippen LogP contribution in [0.4, 0.5) is 4.39 Å². The number of amides is 1. The monoisotopic (exact) mass is 399 g/mol. The van der Waals surface area contributed by atoms with Crippen LogP contribution in [0, 0.1) is 11.7 Å². The fourth-order valence-corrected chi connectivity index (χ4v) is 4.58. The Balaban J connectivity index is 1.25. The Hall–Kier alpha value is -2.57. The Morgan fingerprint density at radius 2 is 2.14 bits per heavy atom. The summed E-state index contributed by atoms with van der Waals surface area (Å²) < 4.78 is 13.3. The van der Waals surface area contributed by atoms with E-state index in [1.54, 1.807) is 7.05 Å². The van der Waals surface area contributed by atoms with Crippen molar-refractivity contribution in [3.05, 3.63) is 35.8 Å². The van der Waals surface area contributed by atoms with Gasteiger partial charge < -0.3 is 20.5 Å². The molecule has 1 aliphatic heterocycles. The molecule has 1 atom stereocenters. The molecule has 1 unspecified atom stereocenters. The molecular weight excluding hydrogens is 369 g/mol. The number of nitrogens with zero attached hydrogens (tertiary/aromatic N) is 2. The second-order valence-corrected chi connectivity index (χ2v) is 8.15. The smallest absolute Gasteiger partial charge is 0.225 e. The standard InChI is InChI=1S/C22H30FN5O/c1-24-22(25-10-8-16-13-26-20-12-17(23)6-7-19(16)20)27-18-9-11-28(14-18)21(29)15-4-2-3-5-15/h6-7,12-13,15,18,26H,2-5,8-11,14H2,1H3,(H2,24,25,27). The molecule has 1 amide bonds. The zero-order valence-corrected chi connectivity index (χ0v) is 17.0. The Bertz CT molecular complexity index is 886. The predicted octanol–water partition coefficient (Wildman–Crippen LogP) is 2.81. The Morgan fingerprint density at radius 1 is 1.31 bits per heavy atom. The number of aliphatic imine (C=N–C) groups is 1. The second-order valence-electron chi connectivity index (χ2n) is 8.15. The molecule has 1 aromatic heterocycles. The summed E-state index contributed by atoms with van der Waals surface area (Å²) in [4.78, 5) is 22.1. The van der Waals surface area contributed by atoms with Crippen molar-refractivity contribution in [3.63, 3.8) is 0 Å². The molecule has 0 spiro atoms. The number of guanidine groups is 1. The fourth-order valence-electron chi connectivity index (χ4n) is 4.58. The maximum Gasteiger partial charge on any atom is 0.225 e. The molecule has 156 valence electrons. The number of aromatic nitrogens is 1. The molecule has 6 nitrogen and oxygen atoms in total. The number of fused-ring (bicyclic) bond motifs is 1. The third-order valence-electron chi connectivity index (χ3n) is 6.19. The van der Waals surface area contributed by atoms with Gasteiger partial charge in [-0.25, -0.2) is 4.39 Å². The molecule has 2 fully saturated rings. The molecule has 7 heteroatoms. The van der Waals surface area contributed by atoms with Crippen molar-refractivity contribution in [2.45, 2.75) is 44.6 Å². The molecule has 4 rings (SSSR count). The van der Waals surface area contributed by atoms with Crippen molar-refractivity contribution >= 4 is 22.8 Å². The number of nitrogens with one attached hydrogen (secondary N) is 3. The highest BCUT2D eigenvalue weighted by molar-refractivity contribution is 5.84. The van der Waals surface area contributed by atoms with Crippen LogP contribution in [0.15, 0.2) is 29.4 Å². The van der Waals surface area contributed by atoms with E-state index in [-0.39, 0.29) is 17.8 Å². The van der Waals surface area contributed by atoms with Crippen molar-refractivity contribution in [1.29, 1.82) is 0 Å². The molecule has 3 N–H and O–H groups in total. The minimum absolute atomic E-state index is 0.231. The number of carbonyl (C=O) groups excluding carboxylic acids is 1. The molecule has 2 aliphatic rings. The number of halogens is 1. The Morgan fingerprint density at radius 3 is 2.93 bits per heavy atom. The van der Waals surface area contributed by atoms with Crippen LogP contribution in [0.2, 0.25) is 0 Å². The first kappa shape index (κ1) is 19.7. The van der Waals surface area contributed by atoms with E-state index in [1.807, 2.05) is 17.2 Å². The molecule has 2 aromatic rings. The predicted molar refractivity (Wildman–Crippen MR) is 113 cm³/mol. The third kappa shape index (κ3) is 4.54. The molecule has 0 radical (unpaired) electrons. The summed E-state index contributed by atoms with van der Waals surface area (Å²) in [5, 5.41) is 7.86. The van der Waals surface area contributed by atoms with Crippen LogP contribution in [0.5, 0.6) is 0 Å². The minimum atomic E-state index is -0.231. The lowest BCUT2D eigenvalue weighted by molar-refractivity contribution is -0.134. The zero-order chi connectivity index (χ0) is 20.2. The first-order valence-corrected chi connectivity index (χ1v) is 10.7. The van der Waals surface area contributed by atoms with Crippen molar-refractivity contribution in [2.24, 2.45) is 10.9 Å². The molecule has 1 aromatic carbocycles. The van der Waals surface area contributed by atoms with Gasteiger partial charge in [-0.15, -0.1) is 0 Å². The first-order chi connectivity index (χ1) is 14.1. The Kier molecular flexibility index (Phi) is 6.02. The number of benzene rings is 1. The van der Waals surface area contributed by atoms with E-state index in [0.717, 1.165) is 67.7 Å². The van der Waals surface area contributed by atoms with Crippen LogP contribution >= 0.6 is 0 Å². The molecule has 1 saturated carbocycles. The number of likely N-dealkylation sites (tertiary alicyclic amines) is 1. The van der Waals surface area contributed by atoms with Gasteiger partial charge in [-0.1, -0.05) is 12.8 Å². The number of aromatic amines is 1. The van der Waals surface area contributed by atoms with Crippen LogP contribution in [0.25, 0.3) is 10.9 Å². The molecular formula is C22H30FN5O. The van der Waals surface area contributed by atoms with Gasteiger partial charge in [0.05, 0.1) is 0 Å². The van der Waals surface area contributed by atoms with Gasteiger partial charge in [0.25, 0.3) is 0 Å². The third-order valence-corrected chi connectivity index (χ3v) is 6.19. The van der Waals surface area contributed by atoms with Gasteiger partial charge in [0.1, 0.15) is 5.82 Å². The highest BCUT2D eigenvalue weighted by atomic mass is 19.1. The van der Waals surface area contributed by atoms with Gasteiger partial charge >= 0.3 is 0 Å². The molecule has 1 aliphatic carbocycles. The van der Waals surface area contributed by atoms with Crippen molar-refractivity contribution in [1.82, 2.24) is 20.5 Å². The zero-order valence-electron chi connectivity index (χ0n) is 17.0. The summed E-state index contributed by atoms with van der Waals surface area (Å²) >= 11 is 0.